The molecule has 0 fully saturated rings. The zero-order chi connectivity index (χ0) is 15.4. The lowest BCUT2D eigenvalue weighted by atomic mass is 10.0. The fourth-order valence-corrected chi connectivity index (χ4v) is 2.89. The second-order valence-electron chi connectivity index (χ2n) is 5.01. The van der Waals surface area contributed by atoms with Gasteiger partial charge in [0.15, 0.2) is 6.61 Å². The molecule has 2 amide bonds. The standard InChI is InChI=1S/C16H16N2O3S/c19-15-6-3-11-8-12(4-5-14(11)18-15)21-10-16(20)17-9-13-2-1-7-22-13/h1-2,4-5,7-8H,3,6,9-10H2,(H,17,20)(H,18,19). The Morgan fingerprint density at radius 1 is 1.32 bits per heavy atom. The lowest BCUT2D eigenvalue weighted by molar-refractivity contribution is -0.123. The molecule has 0 atom stereocenters. The van der Waals surface area contributed by atoms with Crippen LogP contribution < -0.4 is 15.4 Å². The second-order valence-corrected chi connectivity index (χ2v) is 6.04. The van der Waals surface area contributed by atoms with Crippen LogP contribution in [0, 0.1) is 0 Å². The van der Waals surface area contributed by atoms with Gasteiger partial charge in [0.1, 0.15) is 5.75 Å². The molecule has 0 unspecified atom stereocenters. The first kappa shape index (κ1) is 14.6. The zero-order valence-corrected chi connectivity index (χ0v) is 12.7. The lowest BCUT2D eigenvalue weighted by Crippen LogP contribution is -2.28. The fraction of sp³-hybridized carbons (Fsp3) is 0.250. The Labute approximate surface area is 132 Å². The number of hydrogen-bond acceptors (Lipinski definition) is 4. The zero-order valence-electron chi connectivity index (χ0n) is 11.9. The van der Waals surface area contributed by atoms with E-state index in [1.807, 2.05) is 29.6 Å². The maximum atomic E-state index is 11.8. The molecule has 1 aliphatic heterocycles. The van der Waals surface area contributed by atoms with Crippen LogP contribution in [0.25, 0.3) is 0 Å². The van der Waals surface area contributed by atoms with E-state index in [2.05, 4.69) is 10.6 Å². The monoisotopic (exact) mass is 316 g/mol. The summed E-state index contributed by atoms with van der Waals surface area (Å²) in [7, 11) is 0. The van der Waals surface area contributed by atoms with Crippen molar-refractivity contribution < 1.29 is 14.3 Å². The van der Waals surface area contributed by atoms with Crippen molar-refractivity contribution in [2.24, 2.45) is 0 Å². The number of amides is 2. The fourth-order valence-electron chi connectivity index (χ4n) is 2.25. The van der Waals surface area contributed by atoms with E-state index in [9.17, 15) is 9.59 Å². The number of ether oxygens (including phenoxy) is 1. The maximum Gasteiger partial charge on any atom is 0.258 e. The van der Waals surface area contributed by atoms with Crippen LogP contribution in [0.3, 0.4) is 0 Å². The third-order valence-electron chi connectivity index (χ3n) is 3.38. The van der Waals surface area contributed by atoms with Crippen LogP contribution in [-0.4, -0.2) is 18.4 Å². The number of benzene rings is 1. The molecule has 1 aromatic carbocycles. The Balaban J connectivity index is 1.51. The first-order valence-corrected chi connectivity index (χ1v) is 7.93. The van der Waals surface area contributed by atoms with Gasteiger partial charge in [-0.3, -0.25) is 9.59 Å². The molecular formula is C16H16N2O3S. The summed E-state index contributed by atoms with van der Waals surface area (Å²) < 4.78 is 5.51. The quantitative estimate of drug-likeness (QED) is 0.889. The van der Waals surface area contributed by atoms with Crippen LogP contribution in [0.2, 0.25) is 0 Å². The van der Waals surface area contributed by atoms with E-state index in [0.717, 1.165) is 16.1 Å². The number of nitrogens with one attached hydrogen (secondary N) is 2. The Morgan fingerprint density at radius 2 is 2.23 bits per heavy atom. The molecule has 0 saturated heterocycles. The smallest absolute Gasteiger partial charge is 0.258 e. The van der Waals surface area contributed by atoms with Crippen LogP contribution in [-0.2, 0) is 22.6 Å². The van der Waals surface area contributed by atoms with Crippen molar-refractivity contribution in [3.05, 3.63) is 46.2 Å². The van der Waals surface area contributed by atoms with Crippen molar-refractivity contribution in [1.82, 2.24) is 5.32 Å². The molecule has 2 aromatic rings. The molecular weight excluding hydrogens is 300 g/mol. The van der Waals surface area contributed by atoms with Gasteiger partial charge in [0.25, 0.3) is 5.91 Å². The van der Waals surface area contributed by atoms with Gasteiger partial charge >= 0.3 is 0 Å². The normalized spacial score (nSPS) is 13.2. The van der Waals surface area contributed by atoms with Crippen LogP contribution in [0.4, 0.5) is 5.69 Å². The number of carbonyl (C=O) groups is 2. The SMILES string of the molecule is O=C(COc1ccc2c(c1)CCC(=O)N2)NCc1cccs1. The summed E-state index contributed by atoms with van der Waals surface area (Å²) in [5, 5.41) is 7.60. The Bertz CT molecular complexity index is 683. The Hall–Kier alpha value is -2.34. The molecule has 2 heterocycles. The van der Waals surface area contributed by atoms with Gasteiger partial charge < -0.3 is 15.4 Å². The van der Waals surface area contributed by atoms with Gasteiger partial charge in [0.2, 0.25) is 5.91 Å². The van der Waals surface area contributed by atoms with Crippen molar-refractivity contribution in [1.29, 1.82) is 0 Å². The highest BCUT2D eigenvalue weighted by Crippen LogP contribution is 2.26. The third kappa shape index (κ3) is 3.65. The van der Waals surface area contributed by atoms with Crippen LogP contribution in [0.1, 0.15) is 16.9 Å². The largest absolute Gasteiger partial charge is 0.484 e. The molecule has 0 saturated carbocycles. The third-order valence-corrected chi connectivity index (χ3v) is 4.26. The number of aryl methyl sites for hydroxylation is 1. The van der Waals surface area contributed by atoms with Crippen LogP contribution >= 0.6 is 11.3 Å². The van der Waals surface area contributed by atoms with E-state index in [0.29, 0.717) is 25.1 Å². The van der Waals surface area contributed by atoms with Crippen molar-refractivity contribution in [3.8, 4) is 5.75 Å². The number of fused-ring (bicyclic) bond motifs is 1. The highest BCUT2D eigenvalue weighted by Gasteiger charge is 2.15. The van der Waals surface area contributed by atoms with Crippen molar-refractivity contribution in [2.45, 2.75) is 19.4 Å². The Morgan fingerprint density at radius 3 is 3.05 bits per heavy atom. The molecule has 0 radical (unpaired) electrons. The molecule has 3 rings (SSSR count). The summed E-state index contributed by atoms with van der Waals surface area (Å²) in [5.74, 6) is 0.523. The van der Waals surface area contributed by atoms with E-state index in [4.69, 9.17) is 4.74 Å². The number of hydrogen-bond donors (Lipinski definition) is 2. The molecule has 114 valence electrons. The number of carbonyl (C=O) groups excluding carboxylic acids is 2. The molecule has 2 N–H and O–H groups in total. The molecule has 1 aromatic heterocycles. The molecule has 6 heteroatoms. The van der Waals surface area contributed by atoms with E-state index < -0.39 is 0 Å². The van der Waals surface area contributed by atoms with Crippen molar-refractivity contribution in [2.75, 3.05) is 11.9 Å². The van der Waals surface area contributed by atoms with Crippen molar-refractivity contribution >= 4 is 28.8 Å². The van der Waals surface area contributed by atoms with Gasteiger partial charge in [-0.05, 0) is 41.6 Å². The van der Waals surface area contributed by atoms with Gasteiger partial charge in [-0.2, -0.15) is 0 Å². The lowest BCUT2D eigenvalue weighted by Gasteiger charge is -2.17. The van der Waals surface area contributed by atoms with Gasteiger partial charge in [-0.15, -0.1) is 11.3 Å². The Kier molecular flexibility index (Phi) is 4.39. The summed E-state index contributed by atoms with van der Waals surface area (Å²) in [6, 6.07) is 9.38. The van der Waals surface area contributed by atoms with Gasteiger partial charge in [-0.25, -0.2) is 0 Å². The van der Waals surface area contributed by atoms with Crippen LogP contribution in [0.5, 0.6) is 5.75 Å². The van der Waals surface area contributed by atoms with Crippen LogP contribution in [0.15, 0.2) is 35.7 Å². The van der Waals surface area contributed by atoms with Gasteiger partial charge in [0, 0.05) is 17.0 Å². The molecule has 5 nitrogen and oxygen atoms in total. The topological polar surface area (TPSA) is 67.4 Å². The summed E-state index contributed by atoms with van der Waals surface area (Å²) in [6.07, 6.45) is 1.18. The first-order valence-electron chi connectivity index (χ1n) is 7.05. The minimum Gasteiger partial charge on any atom is -0.484 e. The van der Waals surface area contributed by atoms with Gasteiger partial charge in [-0.1, -0.05) is 6.07 Å². The first-order chi connectivity index (χ1) is 10.7. The van der Waals surface area contributed by atoms with E-state index in [1.54, 1.807) is 17.4 Å². The summed E-state index contributed by atoms with van der Waals surface area (Å²) in [6.45, 7) is 0.507. The van der Waals surface area contributed by atoms with E-state index in [1.165, 1.54) is 0 Å². The highest BCUT2D eigenvalue weighted by atomic mass is 32.1. The predicted molar refractivity (Wildman–Crippen MR) is 85.1 cm³/mol. The molecule has 0 aliphatic carbocycles. The number of thiophene rings is 1. The minimum atomic E-state index is -0.153. The molecule has 22 heavy (non-hydrogen) atoms. The summed E-state index contributed by atoms with van der Waals surface area (Å²) in [4.78, 5) is 24.2. The number of rotatable bonds is 5. The van der Waals surface area contributed by atoms with E-state index in [-0.39, 0.29) is 18.4 Å². The highest BCUT2D eigenvalue weighted by molar-refractivity contribution is 7.09. The minimum absolute atomic E-state index is 0.0173. The maximum absolute atomic E-state index is 11.8. The predicted octanol–water partition coefficient (Wildman–Crippen LogP) is 2.33. The molecule has 1 aliphatic rings. The second kappa shape index (κ2) is 6.62. The average molecular weight is 316 g/mol. The summed E-state index contributed by atoms with van der Waals surface area (Å²) in [5.41, 5.74) is 1.86. The van der Waals surface area contributed by atoms with E-state index >= 15 is 0 Å². The summed E-state index contributed by atoms with van der Waals surface area (Å²) >= 11 is 1.60. The average Bonchev–Trinajstić information content (AvgIpc) is 3.04. The van der Waals surface area contributed by atoms with Gasteiger partial charge in [0.05, 0.1) is 6.54 Å². The van der Waals surface area contributed by atoms with Crippen molar-refractivity contribution in [3.63, 3.8) is 0 Å². The molecule has 0 bridgehead atoms. The number of anilines is 1. The molecule has 0 spiro atoms.